The molecule has 23 heavy (non-hydrogen) atoms. The Bertz CT molecular complexity index is 658. The third-order valence-corrected chi connectivity index (χ3v) is 3.26. The number of nitrogens with one attached hydrogen (secondary N) is 1. The lowest BCUT2D eigenvalue weighted by Crippen LogP contribution is -2.25. The van der Waals surface area contributed by atoms with E-state index in [0.29, 0.717) is 11.6 Å². The summed E-state index contributed by atoms with van der Waals surface area (Å²) in [4.78, 5) is 10.3. The zero-order valence-electron chi connectivity index (χ0n) is 13.1. The van der Waals surface area contributed by atoms with Crippen LogP contribution in [0.2, 0.25) is 0 Å². The number of hydrogen-bond donors (Lipinski definition) is 1. The van der Waals surface area contributed by atoms with E-state index in [9.17, 15) is 13.2 Å². The highest BCUT2D eigenvalue weighted by molar-refractivity contribution is 5.60. The van der Waals surface area contributed by atoms with Crippen LogP contribution in [0, 0.1) is 17.5 Å². The molecule has 0 aliphatic heterocycles. The van der Waals surface area contributed by atoms with Gasteiger partial charge in [0.1, 0.15) is 18.0 Å². The van der Waals surface area contributed by atoms with Crippen molar-refractivity contribution in [2.75, 3.05) is 23.3 Å². The van der Waals surface area contributed by atoms with Gasteiger partial charge in [-0.25, -0.2) is 23.1 Å². The molecule has 1 N–H and O–H groups in total. The van der Waals surface area contributed by atoms with Crippen molar-refractivity contribution in [3.05, 3.63) is 42.0 Å². The highest BCUT2D eigenvalue weighted by atomic mass is 19.2. The highest BCUT2D eigenvalue weighted by Crippen LogP contribution is 2.24. The largest absolute Gasteiger partial charge is 0.356 e. The lowest BCUT2D eigenvalue weighted by Gasteiger charge is -2.22. The Morgan fingerprint density at radius 2 is 1.70 bits per heavy atom. The van der Waals surface area contributed by atoms with E-state index < -0.39 is 17.5 Å². The number of benzene rings is 1. The number of anilines is 3. The summed E-state index contributed by atoms with van der Waals surface area (Å²) < 4.78 is 40.0. The lowest BCUT2D eigenvalue weighted by molar-refractivity contribution is 0.449. The molecular weight excluding hydrogens is 305 g/mol. The molecule has 4 nitrogen and oxygen atoms in total. The van der Waals surface area contributed by atoms with Crippen LogP contribution >= 0.6 is 0 Å². The molecule has 0 aliphatic rings. The fourth-order valence-corrected chi connectivity index (χ4v) is 2.23. The van der Waals surface area contributed by atoms with E-state index in [0.717, 1.165) is 38.1 Å². The van der Waals surface area contributed by atoms with Gasteiger partial charge in [-0.05, 0) is 25.0 Å². The Kier molecular flexibility index (Phi) is 5.78. The van der Waals surface area contributed by atoms with Gasteiger partial charge in [0.05, 0.1) is 5.69 Å². The Hall–Kier alpha value is -2.31. The van der Waals surface area contributed by atoms with Crippen molar-refractivity contribution in [2.45, 2.75) is 26.7 Å². The van der Waals surface area contributed by atoms with Crippen molar-refractivity contribution in [3.63, 3.8) is 0 Å². The Morgan fingerprint density at radius 1 is 1.00 bits per heavy atom. The summed E-state index contributed by atoms with van der Waals surface area (Å²) in [5.74, 6) is -2.99. The van der Waals surface area contributed by atoms with E-state index in [-0.39, 0.29) is 5.69 Å². The van der Waals surface area contributed by atoms with Gasteiger partial charge < -0.3 is 10.2 Å². The number of rotatable bonds is 7. The van der Waals surface area contributed by atoms with Crippen LogP contribution < -0.4 is 10.2 Å². The summed E-state index contributed by atoms with van der Waals surface area (Å²) >= 11 is 0. The number of hydrogen-bond acceptors (Lipinski definition) is 4. The van der Waals surface area contributed by atoms with Crippen LogP contribution in [0.1, 0.15) is 26.7 Å². The Morgan fingerprint density at radius 3 is 2.35 bits per heavy atom. The maximum Gasteiger partial charge on any atom is 0.196 e. The smallest absolute Gasteiger partial charge is 0.196 e. The average molecular weight is 324 g/mol. The summed E-state index contributed by atoms with van der Waals surface area (Å²) in [7, 11) is 0. The van der Waals surface area contributed by atoms with Gasteiger partial charge in [0, 0.05) is 19.2 Å². The van der Waals surface area contributed by atoms with Crippen LogP contribution in [0.3, 0.4) is 0 Å². The average Bonchev–Trinajstić information content (AvgIpc) is 2.55. The van der Waals surface area contributed by atoms with Crippen molar-refractivity contribution in [2.24, 2.45) is 0 Å². The number of nitrogens with zero attached hydrogens (tertiary/aromatic N) is 3. The molecule has 0 atom stereocenters. The van der Waals surface area contributed by atoms with Crippen molar-refractivity contribution >= 4 is 17.3 Å². The van der Waals surface area contributed by atoms with Crippen molar-refractivity contribution in [1.82, 2.24) is 9.97 Å². The first-order chi connectivity index (χ1) is 11.1. The fourth-order valence-electron chi connectivity index (χ4n) is 2.23. The monoisotopic (exact) mass is 324 g/mol. The minimum Gasteiger partial charge on any atom is -0.356 e. The Labute approximate surface area is 133 Å². The maximum absolute atomic E-state index is 13.7. The van der Waals surface area contributed by atoms with Gasteiger partial charge in [0.15, 0.2) is 17.5 Å². The van der Waals surface area contributed by atoms with Crippen LogP contribution in [-0.2, 0) is 0 Å². The third-order valence-electron chi connectivity index (χ3n) is 3.26. The summed E-state index contributed by atoms with van der Waals surface area (Å²) in [5, 5.41) is 2.66. The van der Waals surface area contributed by atoms with Crippen LogP contribution in [0.4, 0.5) is 30.5 Å². The molecule has 0 spiro atoms. The van der Waals surface area contributed by atoms with E-state index in [1.165, 1.54) is 6.33 Å². The minimum absolute atomic E-state index is 0.175. The van der Waals surface area contributed by atoms with Crippen molar-refractivity contribution in [1.29, 1.82) is 0 Å². The van der Waals surface area contributed by atoms with Crippen LogP contribution in [0.25, 0.3) is 0 Å². The molecule has 0 saturated heterocycles. The van der Waals surface area contributed by atoms with Crippen molar-refractivity contribution in [3.8, 4) is 0 Å². The number of aromatic nitrogens is 2. The van der Waals surface area contributed by atoms with Gasteiger partial charge in [-0.1, -0.05) is 13.8 Å². The van der Waals surface area contributed by atoms with Gasteiger partial charge >= 0.3 is 0 Å². The lowest BCUT2D eigenvalue weighted by atomic mass is 10.2. The highest BCUT2D eigenvalue weighted by Gasteiger charge is 2.14. The molecule has 2 rings (SSSR count). The second-order valence-electron chi connectivity index (χ2n) is 5.10. The first-order valence-corrected chi connectivity index (χ1v) is 7.54. The molecule has 0 fully saturated rings. The van der Waals surface area contributed by atoms with Crippen molar-refractivity contribution < 1.29 is 13.2 Å². The van der Waals surface area contributed by atoms with Crippen LogP contribution in [0.15, 0.2) is 24.5 Å². The molecule has 0 bridgehead atoms. The molecule has 124 valence electrons. The summed E-state index contributed by atoms with van der Waals surface area (Å²) in [6.07, 6.45) is 3.28. The van der Waals surface area contributed by atoms with Gasteiger partial charge in [-0.2, -0.15) is 0 Å². The summed E-state index contributed by atoms with van der Waals surface area (Å²) in [5.41, 5.74) is -0.175. The molecule has 0 unspecified atom stereocenters. The predicted octanol–water partition coefficient (Wildman–Crippen LogP) is 4.26. The van der Waals surface area contributed by atoms with Gasteiger partial charge in [0.2, 0.25) is 0 Å². The predicted molar refractivity (Wildman–Crippen MR) is 84.4 cm³/mol. The first-order valence-electron chi connectivity index (χ1n) is 7.54. The van der Waals surface area contributed by atoms with E-state index in [1.54, 1.807) is 6.07 Å². The van der Waals surface area contributed by atoms with E-state index in [4.69, 9.17) is 0 Å². The third kappa shape index (κ3) is 4.12. The number of halogens is 3. The molecule has 0 radical (unpaired) electrons. The second-order valence-corrected chi connectivity index (χ2v) is 5.10. The van der Waals surface area contributed by atoms with E-state index >= 15 is 0 Å². The zero-order chi connectivity index (χ0) is 16.8. The quantitative estimate of drug-likeness (QED) is 0.773. The normalized spacial score (nSPS) is 10.7. The SMILES string of the molecule is CCCN(CCC)c1cc(Nc2ccc(F)c(F)c2F)ncn1. The molecule has 0 aliphatic carbocycles. The molecule has 1 aromatic carbocycles. The molecule has 2 aromatic rings. The van der Waals surface area contributed by atoms with E-state index in [1.807, 2.05) is 0 Å². The fraction of sp³-hybridized carbons (Fsp3) is 0.375. The molecule has 1 heterocycles. The summed E-state index contributed by atoms with van der Waals surface area (Å²) in [6.45, 7) is 5.81. The zero-order valence-corrected chi connectivity index (χ0v) is 13.1. The molecule has 0 amide bonds. The second kappa shape index (κ2) is 7.80. The molecular formula is C16H19F3N4. The summed E-state index contributed by atoms with van der Waals surface area (Å²) in [6, 6.07) is 3.65. The first kappa shape index (κ1) is 17.1. The molecule has 7 heteroatoms. The minimum atomic E-state index is -1.51. The van der Waals surface area contributed by atoms with Crippen LogP contribution in [0.5, 0.6) is 0 Å². The maximum atomic E-state index is 13.7. The Balaban J connectivity index is 2.24. The van der Waals surface area contributed by atoms with Gasteiger partial charge in [-0.15, -0.1) is 0 Å². The van der Waals surface area contributed by atoms with Crippen LogP contribution in [-0.4, -0.2) is 23.1 Å². The molecule has 1 aromatic heterocycles. The van der Waals surface area contributed by atoms with Gasteiger partial charge in [0.25, 0.3) is 0 Å². The van der Waals surface area contributed by atoms with Gasteiger partial charge in [-0.3, -0.25) is 0 Å². The topological polar surface area (TPSA) is 41.0 Å². The van der Waals surface area contributed by atoms with E-state index in [2.05, 4.69) is 34.0 Å². The standard InChI is InChI=1S/C16H19F3N4/c1-3-7-23(8-4-2)14-9-13(20-10-21-14)22-12-6-5-11(17)15(18)16(12)19/h5-6,9-10H,3-4,7-8H2,1-2H3,(H,20,21,22). The molecule has 0 saturated carbocycles.